The molecule has 0 atom stereocenters. The molecule has 1 aliphatic heterocycles. The van der Waals surface area contributed by atoms with Crippen LogP contribution in [0.4, 0.5) is 0 Å². The van der Waals surface area contributed by atoms with Crippen molar-refractivity contribution in [2.75, 3.05) is 5.75 Å². The first-order chi connectivity index (χ1) is 4.52. The van der Waals surface area contributed by atoms with E-state index in [0.29, 0.717) is 5.75 Å². The van der Waals surface area contributed by atoms with Crippen molar-refractivity contribution in [3.63, 3.8) is 0 Å². The SMILES string of the molecule is CC1(C)SCC(=O)CC1=O. The molecule has 0 aromatic heterocycles. The predicted octanol–water partition coefficient (Wildman–Crippen LogP) is 1.04. The Hall–Kier alpha value is -0.310. The first kappa shape index (κ1) is 7.79. The van der Waals surface area contributed by atoms with Crippen LogP contribution in [0.1, 0.15) is 20.3 Å². The first-order valence-corrected chi connectivity index (χ1v) is 4.20. The highest BCUT2D eigenvalue weighted by Crippen LogP contribution is 2.30. The van der Waals surface area contributed by atoms with Crippen LogP contribution in [0.25, 0.3) is 0 Å². The van der Waals surface area contributed by atoms with Gasteiger partial charge >= 0.3 is 0 Å². The molecule has 0 saturated carbocycles. The van der Waals surface area contributed by atoms with Crippen LogP contribution in [0.2, 0.25) is 0 Å². The van der Waals surface area contributed by atoms with Crippen LogP contribution in [-0.2, 0) is 9.59 Å². The molecule has 0 spiro atoms. The average molecular weight is 158 g/mol. The van der Waals surface area contributed by atoms with Crippen LogP contribution >= 0.6 is 11.8 Å². The van der Waals surface area contributed by atoms with Crippen molar-refractivity contribution < 1.29 is 9.59 Å². The Morgan fingerprint density at radius 1 is 1.40 bits per heavy atom. The molecule has 1 aliphatic rings. The summed E-state index contributed by atoms with van der Waals surface area (Å²) in [5.74, 6) is 0.627. The fourth-order valence-electron chi connectivity index (χ4n) is 0.784. The fourth-order valence-corrected chi connectivity index (χ4v) is 1.64. The second kappa shape index (κ2) is 2.38. The molecule has 0 aliphatic carbocycles. The predicted molar refractivity (Wildman–Crippen MR) is 41.2 cm³/mol. The summed E-state index contributed by atoms with van der Waals surface area (Å²) in [6, 6.07) is 0. The van der Waals surface area contributed by atoms with Crippen molar-refractivity contribution in [3.8, 4) is 0 Å². The third kappa shape index (κ3) is 1.40. The first-order valence-electron chi connectivity index (χ1n) is 3.21. The largest absolute Gasteiger partial charge is 0.298 e. The summed E-state index contributed by atoms with van der Waals surface area (Å²) in [7, 11) is 0. The van der Waals surface area contributed by atoms with E-state index < -0.39 is 0 Å². The standard InChI is InChI=1S/C7H10O2S/c1-7(2)6(9)3-5(8)4-10-7/h3-4H2,1-2H3. The minimum Gasteiger partial charge on any atom is -0.298 e. The van der Waals surface area contributed by atoms with Gasteiger partial charge in [-0.15, -0.1) is 11.8 Å². The lowest BCUT2D eigenvalue weighted by atomic mass is 10.0. The summed E-state index contributed by atoms with van der Waals surface area (Å²) >= 11 is 1.44. The molecule has 0 radical (unpaired) electrons. The van der Waals surface area contributed by atoms with Crippen molar-refractivity contribution in [1.82, 2.24) is 0 Å². The lowest BCUT2D eigenvalue weighted by Gasteiger charge is -2.25. The number of thioether (sulfide) groups is 1. The molecule has 1 heterocycles. The van der Waals surface area contributed by atoms with Crippen LogP contribution in [-0.4, -0.2) is 22.1 Å². The van der Waals surface area contributed by atoms with Crippen molar-refractivity contribution in [2.24, 2.45) is 0 Å². The quantitative estimate of drug-likeness (QED) is 0.494. The van der Waals surface area contributed by atoms with E-state index in [1.165, 1.54) is 11.8 Å². The molecule has 0 bridgehead atoms. The van der Waals surface area contributed by atoms with Gasteiger partial charge in [-0.25, -0.2) is 0 Å². The maximum Gasteiger partial charge on any atom is 0.155 e. The summed E-state index contributed by atoms with van der Waals surface area (Å²) in [6.45, 7) is 3.74. The second-order valence-electron chi connectivity index (χ2n) is 2.94. The van der Waals surface area contributed by atoms with Gasteiger partial charge in [-0.05, 0) is 13.8 Å². The van der Waals surface area contributed by atoms with Gasteiger partial charge < -0.3 is 0 Å². The van der Waals surface area contributed by atoms with E-state index in [1.807, 2.05) is 13.8 Å². The van der Waals surface area contributed by atoms with E-state index in [4.69, 9.17) is 0 Å². The van der Waals surface area contributed by atoms with E-state index in [0.717, 1.165) is 0 Å². The number of hydrogen-bond donors (Lipinski definition) is 0. The molecule has 0 N–H and O–H groups in total. The van der Waals surface area contributed by atoms with Gasteiger partial charge in [-0.1, -0.05) is 0 Å². The zero-order chi connectivity index (χ0) is 7.78. The van der Waals surface area contributed by atoms with Gasteiger partial charge in [-0.2, -0.15) is 0 Å². The maximum atomic E-state index is 11.1. The van der Waals surface area contributed by atoms with Crippen LogP contribution in [0.15, 0.2) is 0 Å². The highest BCUT2D eigenvalue weighted by Gasteiger charge is 2.34. The van der Waals surface area contributed by atoms with Crippen molar-refractivity contribution in [3.05, 3.63) is 0 Å². The third-order valence-electron chi connectivity index (χ3n) is 1.62. The van der Waals surface area contributed by atoms with E-state index >= 15 is 0 Å². The fraction of sp³-hybridized carbons (Fsp3) is 0.714. The van der Waals surface area contributed by atoms with Gasteiger partial charge in [0.25, 0.3) is 0 Å². The van der Waals surface area contributed by atoms with Crippen LogP contribution in [0.3, 0.4) is 0 Å². The lowest BCUT2D eigenvalue weighted by Crippen LogP contribution is -2.35. The Morgan fingerprint density at radius 3 is 2.40 bits per heavy atom. The molecule has 0 aromatic rings. The number of hydrogen-bond acceptors (Lipinski definition) is 3. The van der Waals surface area contributed by atoms with Crippen LogP contribution < -0.4 is 0 Å². The molecule has 1 saturated heterocycles. The molecule has 0 amide bonds. The van der Waals surface area contributed by atoms with Crippen molar-refractivity contribution >= 4 is 23.3 Å². The number of ketones is 2. The normalized spacial score (nSPS) is 25.0. The van der Waals surface area contributed by atoms with Gasteiger partial charge in [0.15, 0.2) is 5.78 Å². The molecule has 1 fully saturated rings. The van der Waals surface area contributed by atoms with Gasteiger partial charge in [-0.3, -0.25) is 9.59 Å². The molecule has 0 aromatic carbocycles. The number of carbonyl (C=O) groups is 2. The van der Waals surface area contributed by atoms with Gasteiger partial charge in [0.2, 0.25) is 0 Å². The summed E-state index contributed by atoms with van der Waals surface area (Å²) in [4.78, 5) is 21.8. The number of carbonyl (C=O) groups excluding carboxylic acids is 2. The average Bonchev–Trinajstić information content (AvgIpc) is 1.81. The zero-order valence-corrected chi connectivity index (χ0v) is 6.96. The molecule has 0 unspecified atom stereocenters. The number of rotatable bonds is 0. The minimum absolute atomic E-state index is 0.0637. The smallest absolute Gasteiger partial charge is 0.155 e. The lowest BCUT2D eigenvalue weighted by molar-refractivity contribution is -0.127. The summed E-state index contributed by atoms with van der Waals surface area (Å²) in [5.41, 5.74) is 0. The molecule has 56 valence electrons. The van der Waals surface area contributed by atoms with Crippen LogP contribution in [0, 0.1) is 0 Å². The molecular weight excluding hydrogens is 148 g/mol. The molecule has 3 heteroatoms. The molecular formula is C7H10O2S. The van der Waals surface area contributed by atoms with Gasteiger partial charge in [0.05, 0.1) is 16.9 Å². The maximum absolute atomic E-state index is 11.1. The molecule has 1 rings (SSSR count). The minimum atomic E-state index is -0.325. The van der Waals surface area contributed by atoms with Gasteiger partial charge in [0, 0.05) is 0 Å². The van der Waals surface area contributed by atoms with E-state index in [2.05, 4.69) is 0 Å². The van der Waals surface area contributed by atoms with Crippen molar-refractivity contribution in [1.29, 1.82) is 0 Å². The molecule has 10 heavy (non-hydrogen) atoms. The molecule has 2 nitrogen and oxygen atoms in total. The van der Waals surface area contributed by atoms with E-state index in [9.17, 15) is 9.59 Å². The van der Waals surface area contributed by atoms with Crippen LogP contribution in [0.5, 0.6) is 0 Å². The topological polar surface area (TPSA) is 34.1 Å². The Kier molecular flexibility index (Phi) is 1.86. The van der Waals surface area contributed by atoms with Gasteiger partial charge in [0.1, 0.15) is 5.78 Å². The highest BCUT2D eigenvalue weighted by atomic mass is 32.2. The van der Waals surface area contributed by atoms with E-state index in [-0.39, 0.29) is 22.7 Å². The Morgan fingerprint density at radius 2 is 2.00 bits per heavy atom. The second-order valence-corrected chi connectivity index (χ2v) is 4.54. The highest BCUT2D eigenvalue weighted by molar-refractivity contribution is 8.02. The monoisotopic (exact) mass is 158 g/mol. The zero-order valence-electron chi connectivity index (χ0n) is 6.14. The van der Waals surface area contributed by atoms with Crippen molar-refractivity contribution in [2.45, 2.75) is 25.0 Å². The summed E-state index contributed by atoms with van der Waals surface area (Å²) in [6.07, 6.45) is 0.139. The van der Waals surface area contributed by atoms with E-state index in [1.54, 1.807) is 0 Å². The number of Topliss-reactive ketones (excluding diaryl/α,β-unsaturated/α-hetero) is 2. The Bertz CT molecular complexity index is 184. The Balaban J connectivity index is 2.70. The Labute approximate surface area is 64.4 Å². The third-order valence-corrected chi connectivity index (χ3v) is 3.04. The summed E-state index contributed by atoms with van der Waals surface area (Å²) < 4.78 is -0.325. The summed E-state index contributed by atoms with van der Waals surface area (Å²) in [5, 5.41) is 0.